The van der Waals surface area contributed by atoms with E-state index in [-0.39, 0.29) is 23.2 Å². The van der Waals surface area contributed by atoms with Crippen molar-refractivity contribution in [3.05, 3.63) is 0 Å². The van der Waals surface area contributed by atoms with Crippen LogP contribution in [0.2, 0.25) is 0 Å². The highest BCUT2D eigenvalue weighted by molar-refractivity contribution is 7.90. The lowest BCUT2D eigenvalue weighted by Gasteiger charge is -2.14. The van der Waals surface area contributed by atoms with Crippen molar-refractivity contribution in [1.29, 1.82) is 0 Å². The zero-order valence-electron chi connectivity index (χ0n) is 7.32. The van der Waals surface area contributed by atoms with Crippen LogP contribution in [0.4, 0.5) is 0 Å². The predicted molar refractivity (Wildman–Crippen MR) is 53.3 cm³/mol. The van der Waals surface area contributed by atoms with Crippen molar-refractivity contribution in [2.24, 2.45) is 5.73 Å². The van der Waals surface area contributed by atoms with Gasteiger partial charge < -0.3 is 5.73 Å². The molecule has 0 aliphatic heterocycles. The predicted octanol–water partition coefficient (Wildman–Crippen LogP) is -0.0187. The van der Waals surface area contributed by atoms with E-state index in [9.17, 15) is 8.42 Å². The van der Waals surface area contributed by atoms with Gasteiger partial charge in [0, 0.05) is 12.1 Å². The summed E-state index contributed by atoms with van der Waals surface area (Å²) in [6.45, 7) is 0.430. The van der Waals surface area contributed by atoms with Crippen LogP contribution in [-0.2, 0) is 10.0 Å². The molecule has 0 aromatic rings. The maximum absolute atomic E-state index is 11.4. The van der Waals surface area contributed by atoms with Crippen molar-refractivity contribution in [2.45, 2.75) is 36.5 Å². The van der Waals surface area contributed by atoms with Gasteiger partial charge >= 0.3 is 0 Å². The summed E-state index contributed by atoms with van der Waals surface area (Å²) in [5.41, 5.74) is 5.21. The van der Waals surface area contributed by atoms with Crippen molar-refractivity contribution in [1.82, 2.24) is 4.72 Å². The van der Waals surface area contributed by atoms with Gasteiger partial charge in [-0.05, 0) is 25.7 Å². The Morgan fingerprint density at radius 3 is 2.23 bits per heavy atom. The molecule has 78 valence electrons. The molecule has 0 unspecified atom stereocenters. The fourth-order valence-electron chi connectivity index (χ4n) is 1.26. The van der Waals surface area contributed by atoms with Gasteiger partial charge in [0.15, 0.2) is 0 Å². The summed E-state index contributed by atoms with van der Waals surface area (Å²) < 4.78 is 25.6. The maximum atomic E-state index is 11.4. The molecule has 4 nitrogen and oxygen atoms in total. The van der Waals surface area contributed by atoms with Crippen LogP contribution in [0.1, 0.15) is 25.7 Å². The van der Waals surface area contributed by atoms with Crippen molar-refractivity contribution in [3.8, 4) is 0 Å². The minimum atomic E-state index is -3.02. The molecular weight excluding hydrogens is 212 g/mol. The lowest BCUT2D eigenvalue weighted by Crippen LogP contribution is -2.43. The molecule has 0 amide bonds. The van der Waals surface area contributed by atoms with E-state index >= 15 is 0 Å². The molecule has 0 aromatic carbocycles. The summed E-state index contributed by atoms with van der Waals surface area (Å²) in [5.74, 6) is 0. The number of nitrogens with two attached hydrogens (primary N) is 1. The molecule has 13 heavy (non-hydrogen) atoms. The van der Waals surface area contributed by atoms with E-state index in [1.165, 1.54) is 0 Å². The molecule has 0 bridgehead atoms. The van der Waals surface area contributed by atoms with E-state index in [4.69, 9.17) is 5.73 Å². The van der Waals surface area contributed by atoms with Gasteiger partial charge in [-0.1, -0.05) is 0 Å². The van der Waals surface area contributed by atoms with Gasteiger partial charge in [0.1, 0.15) is 0 Å². The Kier molecular flexibility index (Phi) is 2.92. The summed E-state index contributed by atoms with van der Waals surface area (Å²) in [4.78, 5) is 0. The molecule has 0 radical (unpaired) electrons. The number of hydrogen-bond acceptors (Lipinski definition) is 3. The maximum Gasteiger partial charge on any atom is 0.215 e. The molecular formula is C7H15ClN2O2S. The highest BCUT2D eigenvalue weighted by Gasteiger charge is 2.48. The van der Waals surface area contributed by atoms with Crippen LogP contribution < -0.4 is 10.5 Å². The Morgan fingerprint density at radius 1 is 1.38 bits per heavy atom. The van der Waals surface area contributed by atoms with Crippen molar-refractivity contribution in [2.75, 3.05) is 6.54 Å². The molecule has 6 heteroatoms. The van der Waals surface area contributed by atoms with Crippen LogP contribution in [0.25, 0.3) is 0 Å². The van der Waals surface area contributed by atoms with E-state index < -0.39 is 10.0 Å². The topological polar surface area (TPSA) is 72.2 Å². The first-order chi connectivity index (χ1) is 5.58. The third-order valence-electron chi connectivity index (χ3n) is 2.57. The first-order valence-corrected chi connectivity index (χ1v) is 5.85. The van der Waals surface area contributed by atoms with Crippen LogP contribution in [0, 0.1) is 0 Å². The second kappa shape index (κ2) is 3.38. The molecule has 2 aliphatic rings. The van der Waals surface area contributed by atoms with Crippen LogP contribution in [-0.4, -0.2) is 25.8 Å². The minimum absolute atomic E-state index is 0. The number of halogens is 1. The largest absolute Gasteiger partial charge is 0.329 e. The number of nitrogens with one attached hydrogen (secondary N) is 1. The monoisotopic (exact) mass is 226 g/mol. The van der Waals surface area contributed by atoms with E-state index in [2.05, 4.69) is 4.72 Å². The van der Waals surface area contributed by atoms with Crippen molar-refractivity contribution < 1.29 is 8.42 Å². The minimum Gasteiger partial charge on any atom is -0.329 e. The molecule has 0 heterocycles. The quantitative estimate of drug-likeness (QED) is 0.708. The normalized spacial score (nSPS) is 25.0. The Morgan fingerprint density at radius 2 is 1.92 bits per heavy atom. The highest BCUT2D eigenvalue weighted by atomic mass is 35.5. The average Bonchev–Trinajstić information content (AvgIpc) is 2.83. The van der Waals surface area contributed by atoms with Gasteiger partial charge in [0.2, 0.25) is 10.0 Å². The molecule has 0 saturated heterocycles. The summed E-state index contributed by atoms with van der Waals surface area (Å²) >= 11 is 0. The SMILES string of the molecule is Cl.NCC1(NS(=O)(=O)C2CC2)CC1. The van der Waals surface area contributed by atoms with Gasteiger partial charge in [-0.25, -0.2) is 13.1 Å². The number of hydrogen-bond donors (Lipinski definition) is 2. The molecule has 0 atom stereocenters. The molecule has 2 fully saturated rings. The standard InChI is InChI=1S/C7H14N2O2S.ClH/c8-5-7(3-4-7)9-12(10,11)6-1-2-6;/h6,9H,1-5,8H2;1H. The third-order valence-corrected chi connectivity index (χ3v) is 4.63. The van der Waals surface area contributed by atoms with Gasteiger partial charge in [-0.3, -0.25) is 0 Å². The summed E-state index contributed by atoms with van der Waals surface area (Å²) in [6.07, 6.45) is 3.43. The van der Waals surface area contributed by atoms with E-state index in [0.717, 1.165) is 25.7 Å². The Bertz CT molecular complexity index is 283. The summed E-state index contributed by atoms with van der Waals surface area (Å²) in [7, 11) is -3.02. The Hall–Kier alpha value is 0.160. The number of sulfonamides is 1. The van der Waals surface area contributed by atoms with Crippen LogP contribution in [0.5, 0.6) is 0 Å². The summed E-state index contributed by atoms with van der Waals surface area (Å²) in [5, 5.41) is -0.124. The van der Waals surface area contributed by atoms with Crippen LogP contribution >= 0.6 is 12.4 Å². The molecule has 2 saturated carbocycles. The van der Waals surface area contributed by atoms with Gasteiger partial charge in [0.05, 0.1) is 5.25 Å². The second-order valence-corrected chi connectivity index (χ2v) is 5.79. The van der Waals surface area contributed by atoms with Gasteiger partial charge in [0.25, 0.3) is 0 Å². The Balaban J connectivity index is 0.000000845. The summed E-state index contributed by atoms with van der Waals surface area (Å²) in [6, 6.07) is 0. The first-order valence-electron chi connectivity index (χ1n) is 4.31. The van der Waals surface area contributed by atoms with Gasteiger partial charge in [-0.15, -0.1) is 12.4 Å². The second-order valence-electron chi connectivity index (χ2n) is 3.83. The van der Waals surface area contributed by atoms with Crippen molar-refractivity contribution >= 4 is 22.4 Å². The van der Waals surface area contributed by atoms with Crippen LogP contribution in [0.3, 0.4) is 0 Å². The fraction of sp³-hybridized carbons (Fsp3) is 1.00. The van der Waals surface area contributed by atoms with Crippen LogP contribution in [0.15, 0.2) is 0 Å². The highest BCUT2D eigenvalue weighted by Crippen LogP contribution is 2.37. The molecule has 0 spiro atoms. The molecule has 0 aromatic heterocycles. The van der Waals surface area contributed by atoms with E-state index in [1.54, 1.807) is 0 Å². The first kappa shape index (κ1) is 11.2. The zero-order chi connectivity index (χ0) is 8.82. The molecule has 2 aliphatic carbocycles. The lowest BCUT2D eigenvalue weighted by atomic mass is 10.3. The molecule has 3 N–H and O–H groups in total. The van der Waals surface area contributed by atoms with E-state index in [0.29, 0.717) is 6.54 Å². The zero-order valence-corrected chi connectivity index (χ0v) is 8.96. The fourth-order valence-corrected chi connectivity index (χ4v) is 3.08. The smallest absolute Gasteiger partial charge is 0.215 e. The third kappa shape index (κ3) is 2.34. The number of rotatable bonds is 4. The average molecular weight is 227 g/mol. The van der Waals surface area contributed by atoms with Gasteiger partial charge in [-0.2, -0.15) is 0 Å². The Labute approximate surface area is 84.7 Å². The van der Waals surface area contributed by atoms with E-state index in [1.807, 2.05) is 0 Å². The molecule has 2 rings (SSSR count). The van der Waals surface area contributed by atoms with Crippen molar-refractivity contribution in [3.63, 3.8) is 0 Å². The lowest BCUT2D eigenvalue weighted by molar-refractivity contribution is 0.543.